The van der Waals surface area contributed by atoms with Crippen LogP contribution in [-0.2, 0) is 5.92 Å². The fraction of sp³-hybridized carbons (Fsp3) is 0.538. The van der Waals surface area contributed by atoms with Gasteiger partial charge in [-0.25, -0.2) is 8.78 Å². The van der Waals surface area contributed by atoms with Gasteiger partial charge in [-0.1, -0.05) is 30.3 Å². The summed E-state index contributed by atoms with van der Waals surface area (Å²) in [7, 11) is 0. The zero-order valence-electron chi connectivity index (χ0n) is 9.29. The summed E-state index contributed by atoms with van der Waals surface area (Å²) in [5, 5.41) is 9.52. The number of halogens is 2. The molecule has 1 aliphatic rings. The Kier molecular flexibility index (Phi) is 2.74. The van der Waals surface area contributed by atoms with Crippen molar-refractivity contribution < 1.29 is 13.9 Å². The average molecular weight is 226 g/mol. The first-order valence-electron chi connectivity index (χ1n) is 5.58. The summed E-state index contributed by atoms with van der Waals surface area (Å²) in [5.74, 6) is -2.84. The molecule has 1 fully saturated rings. The maximum Gasteiger partial charge on any atom is 0.273 e. The molecule has 1 aromatic carbocycles. The number of aliphatic hydroxyl groups is 1. The molecule has 0 bridgehead atoms. The van der Waals surface area contributed by atoms with Gasteiger partial charge in [0.25, 0.3) is 5.92 Å². The van der Waals surface area contributed by atoms with E-state index in [0.717, 1.165) is 0 Å². The van der Waals surface area contributed by atoms with Gasteiger partial charge in [-0.2, -0.15) is 0 Å². The zero-order chi connectivity index (χ0) is 11.8. The highest BCUT2D eigenvalue weighted by atomic mass is 19.3. The first-order chi connectivity index (χ1) is 7.46. The molecule has 1 nitrogen and oxygen atoms in total. The monoisotopic (exact) mass is 226 g/mol. The second-order valence-corrected chi connectivity index (χ2v) is 4.79. The minimum atomic E-state index is -2.84. The van der Waals surface area contributed by atoms with Crippen molar-refractivity contribution in [2.75, 3.05) is 0 Å². The highest BCUT2D eigenvalue weighted by molar-refractivity contribution is 5.21. The molecule has 0 amide bonds. The molecule has 0 aliphatic heterocycles. The van der Waals surface area contributed by atoms with Crippen LogP contribution in [0.1, 0.15) is 31.7 Å². The Hall–Kier alpha value is -0.960. The Morgan fingerprint density at radius 3 is 2.31 bits per heavy atom. The average Bonchev–Trinajstić information content (AvgIpc) is 3.00. The van der Waals surface area contributed by atoms with E-state index in [1.54, 1.807) is 25.1 Å². The van der Waals surface area contributed by atoms with E-state index < -0.39 is 17.4 Å². The molecule has 1 atom stereocenters. The zero-order valence-corrected chi connectivity index (χ0v) is 9.29. The Bertz CT molecular complexity index is 355. The van der Waals surface area contributed by atoms with Gasteiger partial charge in [0.2, 0.25) is 0 Å². The normalized spacial score (nSPS) is 20.5. The quantitative estimate of drug-likeness (QED) is 0.834. The van der Waals surface area contributed by atoms with E-state index in [-0.39, 0.29) is 12.0 Å². The number of rotatable bonds is 4. The number of hydrogen-bond acceptors (Lipinski definition) is 1. The standard InChI is InChI=1S/C13H16F2O/c1-10(16)12(7-8-12)9-13(14,15)11-5-3-2-4-6-11/h2-6,10,16H,7-9H2,1H3. The van der Waals surface area contributed by atoms with Crippen LogP contribution in [0.25, 0.3) is 0 Å². The van der Waals surface area contributed by atoms with Gasteiger partial charge >= 0.3 is 0 Å². The minimum Gasteiger partial charge on any atom is -0.393 e. The molecule has 3 heteroatoms. The number of aliphatic hydroxyl groups excluding tert-OH is 1. The van der Waals surface area contributed by atoms with Crippen molar-refractivity contribution in [1.29, 1.82) is 0 Å². The summed E-state index contributed by atoms with van der Waals surface area (Å²) in [4.78, 5) is 0. The van der Waals surface area contributed by atoms with Gasteiger partial charge in [0.1, 0.15) is 0 Å². The van der Waals surface area contributed by atoms with E-state index >= 15 is 0 Å². The molecule has 16 heavy (non-hydrogen) atoms. The molecule has 1 aromatic rings. The molecule has 2 rings (SSSR count). The highest BCUT2D eigenvalue weighted by Gasteiger charge is 2.53. The SMILES string of the molecule is CC(O)C1(CC(F)(F)c2ccccc2)CC1. The van der Waals surface area contributed by atoms with Crippen molar-refractivity contribution in [2.45, 2.75) is 38.2 Å². The van der Waals surface area contributed by atoms with Crippen molar-refractivity contribution in [3.05, 3.63) is 35.9 Å². The van der Waals surface area contributed by atoms with Crippen LogP contribution in [0.3, 0.4) is 0 Å². The van der Waals surface area contributed by atoms with E-state index in [9.17, 15) is 13.9 Å². The van der Waals surface area contributed by atoms with Crippen LogP contribution in [0.2, 0.25) is 0 Å². The lowest BCUT2D eigenvalue weighted by Gasteiger charge is -2.25. The van der Waals surface area contributed by atoms with Crippen molar-refractivity contribution in [3.63, 3.8) is 0 Å². The van der Waals surface area contributed by atoms with Crippen LogP contribution < -0.4 is 0 Å². The van der Waals surface area contributed by atoms with Gasteiger partial charge in [0.15, 0.2) is 0 Å². The molecule has 0 saturated heterocycles. The second kappa shape index (κ2) is 3.81. The summed E-state index contributed by atoms with van der Waals surface area (Å²) in [6, 6.07) is 7.84. The second-order valence-electron chi connectivity index (χ2n) is 4.79. The summed E-state index contributed by atoms with van der Waals surface area (Å²) in [5.41, 5.74) is -0.513. The number of hydrogen-bond donors (Lipinski definition) is 1. The fourth-order valence-corrected chi connectivity index (χ4v) is 2.13. The van der Waals surface area contributed by atoms with Gasteiger partial charge in [-0.15, -0.1) is 0 Å². The molecule has 1 saturated carbocycles. The lowest BCUT2D eigenvalue weighted by Crippen LogP contribution is -2.27. The molecule has 0 spiro atoms. The lowest BCUT2D eigenvalue weighted by atomic mass is 9.89. The van der Waals surface area contributed by atoms with Crippen molar-refractivity contribution in [1.82, 2.24) is 0 Å². The topological polar surface area (TPSA) is 20.2 Å². The predicted octanol–water partition coefficient (Wildman–Crippen LogP) is 3.33. The number of alkyl halides is 2. The Labute approximate surface area is 94.1 Å². The third-order valence-corrected chi connectivity index (χ3v) is 3.55. The van der Waals surface area contributed by atoms with Crippen LogP contribution in [0, 0.1) is 5.41 Å². The van der Waals surface area contributed by atoms with E-state index in [1.807, 2.05) is 0 Å². The maximum absolute atomic E-state index is 13.9. The smallest absolute Gasteiger partial charge is 0.273 e. The molecule has 0 aromatic heterocycles. The van der Waals surface area contributed by atoms with Gasteiger partial charge < -0.3 is 5.11 Å². The number of benzene rings is 1. The molecule has 1 aliphatic carbocycles. The van der Waals surface area contributed by atoms with Gasteiger partial charge in [-0.05, 0) is 19.8 Å². The highest BCUT2D eigenvalue weighted by Crippen LogP contribution is 2.57. The van der Waals surface area contributed by atoms with Crippen LogP contribution in [0.5, 0.6) is 0 Å². The first kappa shape index (κ1) is 11.5. The Balaban J connectivity index is 2.15. The van der Waals surface area contributed by atoms with Gasteiger partial charge in [-0.3, -0.25) is 0 Å². The molecule has 1 unspecified atom stereocenters. The van der Waals surface area contributed by atoms with Gasteiger partial charge in [0, 0.05) is 17.4 Å². The molecule has 88 valence electrons. The largest absolute Gasteiger partial charge is 0.393 e. The van der Waals surface area contributed by atoms with Crippen LogP contribution >= 0.6 is 0 Å². The van der Waals surface area contributed by atoms with E-state index in [0.29, 0.717) is 12.8 Å². The van der Waals surface area contributed by atoms with Crippen LogP contribution in [0.4, 0.5) is 8.78 Å². The summed E-state index contributed by atoms with van der Waals surface area (Å²) >= 11 is 0. The molecule has 0 heterocycles. The molecule has 0 radical (unpaired) electrons. The Morgan fingerprint density at radius 1 is 1.31 bits per heavy atom. The van der Waals surface area contributed by atoms with Gasteiger partial charge in [0.05, 0.1) is 6.10 Å². The van der Waals surface area contributed by atoms with Crippen LogP contribution in [-0.4, -0.2) is 11.2 Å². The summed E-state index contributed by atoms with van der Waals surface area (Å²) in [6.45, 7) is 1.61. The maximum atomic E-state index is 13.9. The third kappa shape index (κ3) is 2.09. The van der Waals surface area contributed by atoms with E-state index in [1.165, 1.54) is 12.1 Å². The van der Waals surface area contributed by atoms with E-state index in [4.69, 9.17) is 0 Å². The summed E-state index contributed by atoms with van der Waals surface area (Å²) < 4.78 is 27.9. The van der Waals surface area contributed by atoms with Crippen LogP contribution in [0.15, 0.2) is 30.3 Å². The van der Waals surface area contributed by atoms with Crippen molar-refractivity contribution >= 4 is 0 Å². The third-order valence-electron chi connectivity index (χ3n) is 3.55. The van der Waals surface area contributed by atoms with E-state index in [2.05, 4.69) is 0 Å². The first-order valence-corrected chi connectivity index (χ1v) is 5.58. The summed E-state index contributed by atoms with van der Waals surface area (Å²) in [6.07, 6.45) is 0.504. The van der Waals surface area contributed by atoms with Crippen molar-refractivity contribution in [3.8, 4) is 0 Å². The molecular weight excluding hydrogens is 210 g/mol. The Morgan fingerprint density at radius 2 is 1.88 bits per heavy atom. The molecule has 1 N–H and O–H groups in total. The minimum absolute atomic E-state index is 0.0434. The fourth-order valence-electron chi connectivity index (χ4n) is 2.13. The lowest BCUT2D eigenvalue weighted by molar-refractivity contribution is -0.0549. The predicted molar refractivity (Wildman–Crippen MR) is 58.3 cm³/mol. The van der Waals surface area contributed by atoms with Crippen molar-refractivity contribution in [2.24, 2.45) is 5.41 Å². The molecular formula is C13H16F2O.